The lowest BCUT2D eigenvalue weighted by atomic mass is 9.88. The van der Waals surface area contributed by atoms with Gasteiger partial charge in [-0.05, 0) is 30.9 Å². The van der Waals surface area contributed by atoms with E-state index in [0.717, 1.165) is 0 Å². The first-order valence-electron chi connectivity index (χ1n) is 6.19. The van der Waals surface area contributed by atoms with Crippen LogP contribution >= 0.6 is 11.8 Å². The molecule has 0 spiro atoms. The van der Waals surface area contributed by atoms with Crippen molar-refractivity contribution in [3.63, 3.8) is 0 Å². The Morgan fingerprint density at radius 1 is 1.37 bits per heavy atom. The SMILES string of the molecule is CSCN1C[C@@H](c2c(F)cc(C)cc2F)[C@H](C)C1=O. The molecule has 5 heteroatoms. The number of aryl methyl sites for hydroxylation is 1. The van der Waals surface area contributed by atoms with Gasteiger partial charge in [-0.1, -0.05) is 6.92 Å². The lowest BCUT2D eigenvalue weighted by Gasteiger charge is -2.16. The van der Waals surface area contributed by atoms with E-state index in [1.165, 1.54) is 23.9 Å². The Bertz CT molecular complexity index is 483. The molecule has 0 radical (unpaired) electrons. The average molecular weight is 285 g/mol. The van der Waals surface area contributed by atoms with Crippen molar-refractivity contribution in [2.75, 3.05) is 18.7 Å². The molecule has 1 fully saturated rings. The van der Waals surface area contributed by atoms with Crippen LogP contribution in [0.4, 0.5) is 8.78 Å². The van der Waals surface area contributed by atoms with Gasteiger partial charge >= 0.3 is 0 Å². The Morgan fingerprint density at radius 2 is 1.95 bits per heavy atom. The number of thioether (sulfide) groups is 1. The number of hydrogen-bond donors (Lipinski definition) is 0. The van der Waals surface area contributed by atoms with Crippen LogP contribution in [0.1, 0.15) is 24.0 Å². The first-order valence-corrected chi connectivity index (χ1v) is 7.58. The predicted octanol–water partition coefficient (Wildman–Crippen LogP) is 3.16. The van der Waals surface area contributed by atoms with E-state index in [0.29, 0.717) is 18.0 Å². The summed E-state index contributed by atoms with van der Waals surface area (Å²) in [4.78, 5) is 13.7. The average Bonchev–Trinajstić information content (AvgIpc) is 2.57. The van der Waals surface area contributed by atoms with Gasteiger partial charge in [0.2, 0.25) is 5.91 Å². The van der Waals surface area contributed by atoms with Gasteiger partial charge < -0.3 is 4.90 Å². The molecule has 19 heavy (non-hydrogen) atoms. The molecular weight excluding hydrogens is 268 g/mol. The third kappa shape index (κ3) is 2.61. The Kier molecular flexibility index (Phi) is 4.13. The maximum Gasteiger partial charge on any atom is 0.226 e. The molecule has 1 aromatic carbocycles. The number of likely N-dealkylation sites (tertiary alicyclic amines) is 1. The summed E-state index contributed by atoms with van der Waals surface area (Å²) in [5.74, 6) is -1.34. The zero-order chi connectivity index (χ0) is 14.2. The maximum atomic E-state index is 14.0. The second-order valence-corrected chi connectivity index (χ2v) is 5.85. The van der Waals surface area contributed by atoms with Gasteiger partial charge in [0.25, 0.3) is 0 Å². The molecule has 2 rings (SSSR count). The van der Waals surface area contributed by atoms with Crippen LogP contribution < -0.4 is 0 Å². The number of carbonyl (C=O) groups excluding carboxylic acids is 1. The fraction of sp³-hybridized carbons (Fsp3) is 0.500. The second-order valence-electron chi connectivity index (χ2n) is 5.02. The first-order chi connectivity index (χ1) is 8.95. The molecule has 1 saturated heterocycles. The Hall–Kier alpha value is -1.10. The number of hydrogen-bond acceptors (Lipinski definition) is 2. The summed E-state index contributed by atoms with van der Waals surface area (Å²) >= 11 is 1.53. The Morgan fingerprint density at radius 3 is 2.47 bits per heavy atom. The highest BCUT2D eigenvalue weighted by Crippen LogP contribution is 2.36. The number of nitrogens with zero attached hydrogens (tertiary/aromatic N) is 1. The van der Waals surface area contributed by atoms with E-state index in [-0.39, 0.29) is 17.4 Å². The summed E-state index contributed by atoms with van der Waals surface area (Å²) in [5, 5.41) is 0. The molecule has 0 bridgehead atoms. The maximum absolute atomic E-state index is 14.0. The summed E-state index contributed by atoms with van der Waals surface area (Å²) in [7, 11) is 0. The number of benzene rings is 1. The standard InChI is InChI=1S/C14H17F2NOS/c1-8-4-11(15)13(12(16)5-8)10-6-17(7-19-3)14(18)9(10)2/h4-5,9-10H,6-7H2,1-3H3/t9-,10+/m0/s1. The lowest BCUT2D eigenvalue weighted by Crippen LogP contribution is -2.25. The molecule has 0 aliphatic carbocycles. The van der Waals surface area contributed by atoms with Gasteiger partial charge in [0, 0.05) is 23.9 Å². The van der Waals surface area contributed by atoms with Gasteiger partial charge in [-0.15, -0.1) is 11.8 Å². The molecule has 2 nitrogen and oxygen atoms in total. The van der Waals surface area contributed by atoms with Crippen molar-refractivity contribution in [3.8, 4) is 0 Å². The molecule has 2 atom stereocenters. The first kappa shape index (κ1) is 14.3. The van der Waals surface area contributed by atoms with E-state index in [9.17, 15) is 13.6 Å². The summed E-state index contributed by atoms with van der Waals surface area (Å²) in [6, 6.07) is 2.65. The third-order valence-electron chi connectivity index (χ3n) is 3.60. The lowest BCUT2D eigenvalue weighted by molar-refractivity contribution is -0.129. The summed E-state index contributed by atoms with van der Waals surface area (Å²) in [5.41, 5.74) is 0.603. The van der Waals surface area contributed by atoms with Crippen molar-refractivity contribution < 1.29 is 13.6 Å². The summed E-state index contributed by atoms with van der Waals surface area (Å²) in [6.45, 7) is 3.78. The zero-order valence-electron chi connectivity index (χ0n) is 11.2. The molecule has 1 heterocycles. The highest BCUT2D eigenvalue weighted by molar-refractivity contribution is 7.98. The fourth-order valence-electron chi connectivity index (χ4n) is 2.62. The van der Waals surface area contributed by atoms with Crippen molar-refractivity contribution in [1.29, 1.82) is 0 Å². The van der Waals surface area contributed by atoms with Gasteiger partial charge in [0.1, 0.15) is 11.6 Å². The summed E-state index contributed by atoms with van der Waals surface area (Å²) < 4.78 is 28.0. The molecule has 0 saturated carbocycles. The van der Waals surface area contributed by atoms with Crippen LogP contribution in [0.25, 0.3) is 0 Å². The minimum absolute atomic E-state index is 0.0290. The van der Waals surface area contributed by atoms with E-state index < -0.39 is 17.6 Å². The summed E-state index contributed by atoms with van der Waals surface area (Å²) in [6.07, 6.45) is 1.90. The van der Waals surface area contributed by atoms with E-state index in [2.05, 4.69) is 0 Å². The molecule has 1 aromatic rings. The van der Waals surface area contributed by atoms with Gasteiger partial charge in [0.05, 0.1) is 5.88 Å². The van der Waals surface area contributed by atoms with Crippen molar-refractivity contribution in [2.45, 2.75) is 19.8 Å². The normalized spacial score (nSPS) is 23.2. The molecule has 1 amide bonds. The quantitative estimate of drug-likeness (QED) is 0.850. The highest BCUT2D eigenvalue weighted by Gasteiger charge is 2.40. The molecule has 0 aromatic heterocycles. The Labute approximate surface area is 116 Å². The predicted molar refractivity (Wildman–Crippen MR) is 73.1 cm³/mol. The fourth-order valence-corrected chi connectivity index (χ4v) is 3.17. The van der Waals surface area contributed by atoms with Crippen LogP contribution in [0.5, 0.6) is 0 Å². The minimum atomic E-state index is -0.548. The topological polar surface area (TPSA) is 20.3 Å². The van der Waals surface area contributed by atoms with Crippen molar-refractivity contribution in [3.05, 3.63) is 34.9 Å². The molecule has 1 aliphatic heterocycles. The van der Waals surface area contributed by atoms with Gasteiger partial charge in [-0.2, -0.15) is 0 Å². The molecule has 1 aliphatic rings. The number of amides is 1. The van der Waals surface area contributed by atoms with Crippen LogP contribution in [0.2, 0.25) is 0 Å². The minimum Gasteiger partial charge on any atom is -0.333 e. The van der Waals surface area contributed by atoms with E-state index >= 15 is 0 Å². The molecular formula is C14H17F2NOS. The molecule has 104 valence electrons. The van der Waals surface area contributed by atoms with Crippen LogP contribution in [-0.4, -0.2) is 29.5 Å². The van der Waals surface area contributed by atoms with Crippen molar-refractivity contribution >= 4 is 17.7 Å². The largest absolute Gasteiger partial charge is 0.333 e. The number of halogens is 2. The van der Waals surface area contributed by atoms with Crippen molar-refractivity contribution in [1.82, 2.24) is 4.90 Å². The smallest absolute Gasteiger partial charge is 0.226 e. The van der Waals surface area contributed by atoms with Crippen LogP contribution in [0.3, 0.4) is 0 Å². The van der Waals surface area contributed by atoms with Crippen LogP contribution in [-0.2, 0) is 4.79 Å². The second kappa shape index (κ2) is 5.49. The van der Waals surface area contributed by atoms with E-state index in [4.69, 9.17) is 0 Å². The number of carbonyl (C=O) groups is 1. The van der Waals surface area contributed by atoms with E-state index in [1.807, 2.05) is 6.26 Å². The third-order valence-corrected chi connectivity index (χ3v) is 4.17. The van der Waals surface area contributed by atoms with Crippen LogP contribution in [0, 0.1) is 24.5 Å². The molecule has 0 unspecified atom stereocenters. The monoisotopic (exact) mass is 285 g/mol. The Balaban J connectivity index is 2.35. The highest BCUT2D eigenvalue weighted by atomic mass is 32.2. The van der Waals surface area contributed by atoms with Gasteiger partial charge in [0.15, 0.2) is 0 Å². The van der Waals surface area contributed by atoms with Crippen molar-refractivity contribution in [2.24, 2.45) is 5.92 Å². The van der Waals surface area contributed by atoms with Gasteiger partial charge in [-0.3, -0.25) is 4.79 Å². The zero-order valence-corrected chi connectivity index (χ0v) is 12.1. The number of rotatable bonds is 3. The van der Waals surface area contributed by atoms with Crippen LogP contribution in [0.15, 0.2) is 12.1 Å². The van der Waals surface area contributed by atoms with E-state index in [1.54, 1.807) is 18.7 Å². The molecule has 0 N–H and O–H groups in total. The van der Waals surface area contributed by atoms with Gasteiger partial charge in [-0.25, -0.2) is 8.78 Å².